The molecular weight excluding hydrogens is 282 g/mol. The largest absolute Gasteiger partial charge is 0.303 e. The number of rotatable bonds is 11. The van der Waals surface area contributed by atoms with Crippen molar-refractivity contribution >= 4 is 17.8 Å². The van der Waals surface area contributed by atoms with Crippen LogP contribution in [0.5, 0.6) is 0 Å². The van der Waals surface area contributed by atoms with Crippen LogP contribution in [0.1, 0.15) is 67.3 Å². The Balaban J connectivity index is 2.32. The zero-order valence-electron chi connectivity index (χ0n) is 13.0. The lowest BCUT2D eigenvalue weighted by Gasteiger charge is -2.03. The lowest BCUT2D eigenvalue weighted by Crippen LogP contribution is -2.01. The van der Waals surface area contributed by atoms with Gasteiger partial charge in [0.05, 0.1) is 4.92 Å². The van der Waals surface area contributed by atoms with Crippen molar-refractivity contribution in [2.24, 2.45) is 0 Å². The number of carbonyl (C=O) groups is 2. The molecule has 0 spiro atoms. The molecule has 0 saturated heterocycles. The van der Waals surface area contributed by atoms with Crippen molar-refractivity contribution < 1.29 is 14.5 Å². The van der Waals surface area contributed by atoms with E-state index in [1.54, 1.807) is 19.1 Å². The van der Waals surface area contributed by atoms with Gasteiger partial charge < -0.3 is 4.79 Å². The summed E-state index contributed by atoms with van der Waals surface area (Å²) in [4.78, 5) is 32.6. The van der Waals surface area contributed by atoms with Crippen LogP contribution in [-0.2, 0) is 4.79 Å². The Kier molecular flexibility index (Phi) is 8.04. The van der Waals surface area contributed by atoms with Crippen molar-refractivity contribution in [2.45, 2.75) is 58.3 Å². The predicted molar refractivity (Wildman–Crippen MR) is 85.2 cm³/mol. The van der Waals surface area contributed by atoms with Gasteiger partial charge in [0.2, 0.25) is 0 Å². The van der Waals surface area contributed by atoms with E-state index in [0.29, 0.717) is 24.0 Å². The Bertz CT molecular complexity index is 525. The van der Waals surface area contributed by atoms with Crippen LogP contribution in [0.2, 0.25) is 0 Å². The lowest BCUT2D eigenvalue weighted by atomic mass is 10.0. The van der Waals surface area contributed by atoms with Crippen molar-refractivity contribution in [1.29, 1.82) is 0 Å². The summed E-state index contributed by atoms with van der Waals surface area (Å²) in [5.74, 6) is -0.0379. The number of aryl methyl sites for hydroxylation is 1. The second-order valence-electron chi connectivity index (χ2n) is 5.51. The van der Waals surface area contributed by atoms with Gasteiger partial charge in [-0.25, -0.2) is 0 Å². The minimum absolute atomic E-state index is 0.000952. The van der Waals surface area contributed by atoms with Crippen LogP contribution < -0.4 is 0 Å². The number of nitrogens with zero attached hydrogens (tertiary/aromatic N) is 1. The predicted octanol–water partition coefficient (Wildman–Crippen LogP) is 4.41. The molecule has 0 heterocycles. The maximum absolute atomic E-state index is 12.0. The number of carbonyl (C=O) groups excluding carboxylic acids is 2. The van der Waals surface area contributed by atoms with E-state index >= 15 is 0 Å². The minimum atomic E-state index is -0.453. The fourth-order valence-corrected chi connectivity index (χ4v) is 2.34. The Morgan fingerprint density at radius 3 is 2.41 bits per heavy atom. The zero-order valence-corrected chi connectivity index (χ0v) is 13.0. The maximum atomic E-state index is 12.0. The third kappa shape index (κ3) is 6.16. The molecule has 0 aliphatic heterocycles. The van der Waals surface area contributed by atoms with Crippen LogP contribution in [0, 0.1) is 17.0 Å². The number of aldehydes is 1. The molecule has 0 unspecified atom stereocenters. The molecule has 0 aromatic heterocycles. The highest BCUT2D eigenvalue weighted by molar-refractivity contribution is 5.96. The highest BCUT2D eigenvalue weighted by Gasteiger charge is 2.14. The quantitative estimate of drug-likeness (QED) is 0.199. The molecule has 120 valence electrons. The van der Waals surface area contributed by atoms with Gasteiger partial charge >= 0.3 is 0 Å². The third-order valence-electron chi connectivity index (χ3n) is 3.70. The monoisotopic (exact) mass is 305 g/mol. The van der Waals surface area contributed by atoms with Gasteiger partial charge in [0.1, 0.15) is 6.29 Å². The second-order valence-corrected chi connectivity index (χ2v) is 5.51. The first-order valence-electron chi connectivity index (χ1n) is 7.78. The van der Waals surface area contributed by atoms with Crippen LogP contribution in [0.3, 0.4) is 0 Å². The Morgan fingerprint density at radius 2 is 1.77 bits per heavy atom. The zero-order chi connectivity index (χ0) is 16.4. The van der Waals surface area contributed by atoms with Gasteiger partial charge in [-0.05, 0) is 19.8 Å². The minimum Gasteiger partial charge on any atom is -0.303 e. The second kappa shape index (κ2) is 9.82. The SMILES string of the molecule is Cc1ccc(C(=O)CCCCCCCCC=O)cc1[N+](=O)[O-]. The van der Waals surface area contributed by atoms with Crippen LogP contribution in [-0.4, -0.2) is 17.0 Å². The summed E-state index contributed by atoms with van der Waals surface area (Å²) in [6.07, 6.45) is 7.90. The number of Topliss-reactive ketones (excluding diaryl/α,β-unsaturated/α-hetero) is 1. The molecule has 0 aliphatic carbocycles. The smallest absolute Gasteiger partial charge is 0.273 e. The molecule has 0 amide bonds. The van der Waals surface area contributed by atoms with E-state index in [1.807, 2.05) is 0 Å². The number of benzene rings is 1. The highest BCUT2D eigenvalue weighted by atomic mass is 16.6. The molecule has 1 aromatic carbocycles. The van der Waals surface area contributed by atoms with Crippen LogP contribution in [0.25, 0.3) is 0 Å². The molecule has 1 rings (SSSR count). The summed E-state index contributed by atoms with van der Waals surface area (Å²) >= 11 is 0. The highest BCUT2D eigenvalue weighted by Crippen LogP contribution is 2.21. The molecule has 0 bridgehead atoms. The number of ketones is 1. The fourth-order valence-electron chi connectivity index (χ4n) is 2.34. The summed E-state index contributed by atoms with van der Waals surface area (Å²) in [5.41, 5.74) is 0.987. The van der Waals surface area contributed by atoms with Crippen LogP contribution in [0.15, 0.2) is 18.2 Å². The maximum Gasteiger partial charge on any atom is 0.273 e. The van der Waals surface area contributed by atoms with Crippen molar-refractivity contribution in [1.82, 2.24) is 0 Å². The average Bonchev–Trinajstić information content (AvgIpc) is 2.49. The van der Waals surface area contributed by atoms with Gasteiger partial charge in [-0.1, -0.05) is 37.8 Å². The summed E-state index contributed by atoms with van der Waals surface area (Å²) in [5, 5.41) is 10.9. The van der Waals surface area contributed by atoms with E-state index in [0.717, 1.165) is 44.8 Å². The van der Waals surface area contributed by atoms with Gasteiger partial charge in [0.15, 0.2) is 5.78 Å². The van der Waals surface area contributed by atoms with Crippen molar-refractivity contribution in [3.63, 3.8) is 0 Å². The summed E-state index contributed by atoms with van der Waals surface area (Å²) < 4.78 is 0. The summed E-state index contributed by atoms with van der Waals surface area (Å²) in [6, 6.07) is 4.65. The number of hydrogen-bond acceptors (Lipinski definition) is 4. The Hall–Kier alpha value is -2.04. The molecule has 0 radical (unpaired) electrons. The Labute approximate surface area is 130 Å². The number of unbranched alkanes of at least 4 members (excludes halogenated alkanes) is 6. The number of nitro groups is 1. The topological polar surface area (TPSA) is 77.3 Å². The molecular formula is C17H23NO4. The number of hydrogen-bond donors (Lipinski definition) is 0. The van der Waals surface area contributed by atoms with Gasteiger partial charge in [0, 0.05) is 30.0 Å². The summed E-state index contributed by atoms with van der Waals surface area (Å²) in [6.45, 7) is 1.66. The van der Waals surface area contributed by atoms with E-state index in [4.69, 9.17) is 0 Å². The first-order chi connectivity index (χ1) is 10.6. The fraction of sp³-hybridized carbons (Fsp3) is 0.529. The molecule has 1 aromatic rings. The molecule has 0 fully saturated rings. The number of nitro benzene ring substituents is 1. The van der Waals surface area contributed by atoms with E-state index in [1.165, 1.54) is 6.07 Å². The van der Waals surface area contributed by atoms with Gasteiger partial charge in [0.25, 0.3) is 5.69 Å². The molecule has 5 heteroatoms. The summed E-state index contributed by atoms with van der Waals surface area (Å²) in [7, 11) is 0. The normalized spacial score (nSPS) is 10.4. The van der Waals surface area contributed by atoms with E-state index in [-0.39, 0.29) is 11.5 Å². The van der Waals surface area contributed by atoms with E-state index in [2.05, 4.69) is 0 Å². The average molecular weight is 305 g/mol. The molecule has 0 atom stereocenters. The van der Waals surface area contributed by atoms with Gasteiger partial charge in [-0.2, -0.15) is 0 Å². The van der Waals surface area contributed by atoms with Crippen molar-refractivity contribution in [3.8, 4) is 0 Å². The van der Waals surface area contributed by atoms with Crippen LogP contribution in [0.4, 0.5) is 5.69 Å². The molecule has 0 N–H and O–H groups in total. The molecule has 0 aliphatic rings. The lowest BCUT2D eigenvalue weighted by molar-refractivity contribution is -0.385. The van der Waals surface area contributed by atoms with Crippen molar-refractivity contribution in [2.75, 3.05) is 0 Å². The third-order valence-corrected chi connectivity index (χ3v) is 3.70. The van der Waals surface area contributed by atoms with Crippen molar-refractivity contribution in [3.05, 3.63) is 39.4 Å². The van der Waals surface area contributed by atoms with Crippen LogP contribution >= 0.6 is 0 Å². The molecule has 5 nitrogen and oxygen atoms in total. The molecule has 0 saturated carbocycles. The van der Waals surface area contributed by atoms with Gasteiger partial charge in [-0.15, -0.1) is 0 Å². The van der Waals surface area contributed by atoms with Gasteiger partial charge in [-0.3, -0.25) is 14.9 Å². The standard InChI is InChI=1S/C17H23NO4/c1-14-10-11-15(13-16(14)18(21)22)17(20)9-7-5-3-2-4-6-8-12-19/h10-13H,2-9H2,1H3. The Morgan fingerprint density at radius 1 is 1.14 bits per heavy atom. The first kappa shape index (κ1) is 18.0. The van der Waals surface area contributed by atoms with E-state index < -0.39 is 4.92 Å². The van der Waals surface area contributed by atoms with E-state index in [9.17, 15) is 19.7 Å². The molecule has 22 heavy (non-hydrogen) atoms. The first-order valence-corrected chi connectivity index (χ1v) is 7.78.